The highest BCUT2D eigenvalue weighted by molar-refractivity contribution is 7.99. The number of aromatic nitrogens is 2. The maximum Gasteiger partial charge on any atom is 0.188 e. The zero-order chi connectivity index (χ0) is 13.8. The highest BCUT2D eigenvalue weighted by Crippen LogP contribution is 2.36. The second-order valence-corrected chi connectivity index (χ2v) is 6.78. The molecule has 1 aromatic rings. The summed E-state index contributed by atoms with van der Waals surface area (Å²) in [4.78, 5) is 9.14. The Hall–Kier alpha value is -0.610. The van der Waals surface area contributed by atoms with Crippen LogP contribution in [0.3, 0.4) is 0 Å². The molecule has 2 rings (SSSR count). The molecule has 1 fully saturated rings. The lowest BCUT2D eigenvalue weighted by Gasteiger charge is -2.35. The zero-order valence-electron chi connectivity index (χ0n) is 12.4. The Morgan fingerprint density at radius 1 is 1.26 bits per heavy atom. The smallest absolute Gasteiger partial charge is 0.188 e. The maximum absolute atomic E-state index is 4.57. The van der Waals surface area contributed by atoms with E-state index in [4.69, 9.17) is 0 Å². The molecule has 1 aliphatic carbocycles. The Morgan fingerprint density at radius 2 is 1.95 bits per heavy atom. The second-order valence-electron chi connectivity index (χ2n) is 5.57. The van der Waals surface area contributed by atoms with E-state index in [0.717, 1.165) is 22.5 Å². The minimum Gasteiger partial charge on any atom is -0.316 e. The van der Waals surface area contributed by atoms with Gasteiger partial charge in [-0.2, -0.15) is 0 Å². The number of thioether (sulfide) groups is 1. The summed E-state index contributed by atoms with van der Waals surface area (Å²) in [5, 5.41) is 5.02. The summed E-state index contributed by atoms with van der Waals surface area (Å²) in [6.45, 7) is 6.40. The predicted octanol–water partition coefficient (Wildman–Crippen LogP) is 3.35. The Bertz CT molecular complexity index is 402. The van der Waals surface area contributed by atoms with Crippen LogP contribution in [0.25, 0.3) is 0 Å². The van der Waals surface area contributed by atoms with E-state index in [0.29, 0.717) is 11.3 Å². The van der Waals surface area contributed by atoms with Gasteiger partial charge in [0.05, 0.1) is 0 Å². The summed E-state index contributed by atoms with van der Waals surface area (Å²) in [6, 6.07) is 2.63. The molecule has 4 heteroatoms. The van der Waals surface area contributed by atoms with Crippen LogP contribution in [-0.2, 0) is 0 Å². The van der Waals surface area contributed by atoms with E-state index in [1.165, 1.54) is 25.7 Å². The van der Waals surface area contributed by atoms with E-state index in [2.05, 4.69) is 29.3 Å². The third-order valence-corrected chi connectivity index (χ3v) is 5.28. The van der Waals surface area contributed by atoms with Crippen LogP contribution >= 0.6 is 11.8 Å². The van der Waals surface area contributed by atoms with Crippen molar-refractivity contribution in [1.29, 1.82) is 0 Å². The first-order valence-electron chi connectivity index (χ1n) is 7.28. The molecule has 0 aliphatic heterocycles. The topological polar surface area (TPSA) is 37.8 Å². The van der Waals surface area contributed by atoms with Crippen molar-refractivity contribution in [3.8, 4) is 0 Å². The number of rotatable bonds is 4. The van der Waals surface area contributed by atoms with Gasteiger partial charge in [-0.15, -0.1) is 0 Å². The Morgan fingerprint density at radius 3 is 2.53 bits per heavy atom. The van der Waals surface area contributed by atoms with Crippen LogP contribution in [0.5, 0.6) is 0 Å². The Labute approximate surface area is 121 Å². The number of hydrogen-bond acceptors (Lipinski definition) is 4. The summed E-state index contributed by atoms with van der Waals surface area (Å²) < 4.78 is 0. The van der Waals surface area contributed by atoms with E-state index in [-0.39, 0.29) is 0 Å². The van der Waals surface area contributed by atoms with Gasteiger partial charge >= 0.3 is 0 Å². The Kier molecular flexibility index (Phi) is 5.22. The molecule has 1 saturated carbocycles. The van der Waals surface area contributed by atoms with E-state index < -0.39 is 0 Å². The minimum absolute atomic E-state index is 0.595. The van der Waals surface area contributed by atoms with Gasteiger partial charge in [-0.3, -0.25) is 0 Å². The van der Waals surface area contributed by atoms with Gasteiger partial charge in [0.15, 0.2) is 5.16 Å². The predicted molar refractivity (Wildman–Crippen MR) is 81.6 cm³/mol. The quantitative estimate of drug-likeness (QED) is 0.858. The van der Waals surface area contributed by atoms with Crippen molar-refractivity contribution >= 4 is 11.8 Å². The molecule has 3 atom stereocenters. The molecule has 1 aliphatic rings. The first-order chi connectivity index (χ1) is 9.12. The largest absolute Gasteiger partial charge is 0.316 e. The molecule has 1 aromatic heterocycles. The number of nitrogens with one attached hydrogen (secondary N) is 1. The van der Waals surface area contributed by atoms with Gasteiger partial charge in [-0.25, -0.2) is 9.97 Å². The minimum atomic E-state index is 0.595. The molecule has 0 radical (unpaired) electrons. The molecule has 0 bridgehead atoms. The molecule has 0 spiro atoms. The highest BCUT2D eigenvalue weighted by atomic mass is 32.2. The second kappa shape index (κ2) is 6.71. The van der Waals surface area contributed by atoms with Crippen LogP contribution in [-0.4, -0.2) is 28.3 Å². The van der Waals surface area contributed by atoms with Gasteiger partial charge in [0.2, 0.25) is 0 Å². The third kappa shape index (κ3) is 3.93. The van der Waals surface area contributed by atoms with Crippen molar-refractivity contribution in [3.63, 3.8) is 0 Å². The van der Waals surface area contributed by atoms with Crippen molar-refractivity contribution in [2.45, 2.75) is 62.9 Å². The van der Waals surface area contributed by atoms with Crippen molar-refractivity contribution in [2.75, 3.05) is 7.05 Å². The van der Waals surface area contributed by atoms with Gasteiger partial charge in [0.1, 0.15) is 0 Å². The number of hydrogen-bond donors (Lipinski definition) is 1. The van der Waals surface area contributed by atoms with Crippen molar-refractivity contribution in [3.05, 3.63) is 17.5 Å². The van der Waals surface area contributed by atoms with E-state index in [1.807, 2.05) is 31.7 Å². The fraction of sp³-hybridized carbons (Fsp3) is 0.733. The molecule has 0 amide bonds. The molecule has 3 nitrogen and oxygen atoms in total. The zero-order valence-corrected chi connectivity index (χ0v) is 13.3. The van der Waals surface area contributed by atoms with Gasteiger partial charge in [0.25, 0.3) is 0 Å². The molecule has 0 saturated heterocycles. The SMILES string of the molecule is CCC1CCC(NC)C(Sc2nc(C)cc(C)n2)C1. The molecule has 3 unspecified atom stereocenters. The lowest BCUT2D eigenvalue weighted by molar-refractivity contribution is 0.304. The molecular weight excluding hydrogens is 254 g/mol. The fourth-order valence-electron chi connectivity index (χ4n) is 2.92. The van der Waals surface area contributed by atoms with Gasteiger partial charge in [-0.05, 0) is 52.1 Å². The van der Waals surface area contributed by atoms with Crippen LogP contribution in [0.1, 0.15) is 44.0 Å². The van der Waals surface area contributed by atoms with Gasteiger partial charge in [-0.1, -0.05) is 25.1 Å². The summed E-state index contributed by atoms with van der Waals surface area (Å²) in [7, 11) is 2.08. The van der Waals surface area contributed by atoms with E-state index in [9.17, 15) is 0 Å². The normalized spacial score (nSPS) is 27.5. The monoisotopic (exact) mass is 279 g/mol. The maximum atomic E-state index is 4.57. The molecule has 19 heavy (non-hydrogen) atoms. The number of nitrogens with zero attached hydrogens (tertiary/aromatic N) is 2. The third-order valence-electron chi connectivity index (χ3n) is 4.07. The van der Waals surface area contributed by atoms with Crippen LogP contribution in [0.2, 0.25) is 0 Å². The van der Waals surface area contributed by atoms with Gasteiger partial charge in [0, 0.05) is 22.7 Å². The molecule has 1 N–H and O–H groups in total. The lowest BCUT2D eigenvalue weighted by Crippen LogP contribution is -2.40. The molecule has 1 heterocycles. The lowest BCUT2D eigenvalue weighted by atomic mass is 9.84. The molecule has 106 valence electrons. The summed E-state index contributed by atoms with van der Waals surface area (Å²) >= 11 is 1.86. The van der Waals surface area contributed by atoms with Crippen LogP contribution in [0.15, 0.2) is 11.2 Å². The summed E-state index contributed by atoms with van der Waals surface area (Å²) in [6.07, 6.45) is 5.20. The Balaban J connectivity index is 2.09. The highest BCUT2D eigenvalue weighted by Gasteiger charge is 2.30. The van der Waals surface area contributed by atoms with Crippen LogP contribution in [0.4, 0.5) is 0 Å². The molecular formula is C15H25N3S. The first-order valence-corrected chi connectivity index (χ1v) is 8.16. The first kappa shape index (κ1) is 14.8. The fourth-order valence-corrected chi connectivity index (χ4v) is 4.39. The summed E-state index contributed by atoms with van der Waals surface area (Å²) in [5.41, 5.74) is 2.14. The molecule has 0 aromatic carbocycles. The standard InChI is InChI=1S/C15H25N3S/c1-5-12-6-7-13(16-4)14(9-12)19-15-17-10(2)8-11(3)18-15/h8,12-14,16H,5-7,9H2,1-4H3. The summed E-state index contributed by atoms with van der Waals surface area (Å²) in [5.74, 6) is 0.869. The van der Waals surface area contributed by atoms with Crippen LogP contribution < -0.4 is 5.32 Å². The van der Waals surface area contributed by atoms with Crippen molar-refractivity contribution in [1.82, 2.24) is 15.3 Å². The average Bonchev–Trinajstić information content (AvgIpc) is 2.37. The average molecular weight is 279 g/mol. The van der Waals surface area contributed by atoms with Crippen molar-refractivity contribution < 1.29 is 0 Å². The van der Waals surface area contributed by atoms with Crippen molar-refractivity contribution in [2.24, 2.45) is 5.92 Å². The number of aryl methyl sites for hydroxylation is 2. The van der Waals surface area contributed by atoms with Gasteiger partial charge < -0.3 is 5.32 Å². The van der Waals surface area contributed by atoms with Crippen LogP contribution in [0, 0.1) is 19.8 Å². The van der Waals surface area contributed by atoms with E-state index >= 15 is 0 Å². The van der Waals surface area contributed by atoms with E-state index in [1.54, 1.807) is 0 Å².